The van der Waals surface area contributed by atoms with Gasteiger partial charge < -0.3 is 5.11 Å². The van der Waals surface area contributed by atoms with E-state index < -0.39 is 5.60 Å². The van der Waals surface area contributed by atoms with E-state index in [0.717, 1.165) is 11.1 Å². The molecule has 2 aromatic rings. The molecule has 0 aliphatic carbocycles. The van der Waals surface area contributed by atoms with Crippen LogP contribution in [0.4, 0.5) is 0 Å². The van der Waals surface area contributed by atoms with E-state index >= 15 is 0 Å². The van der Waals surface area contributed by atoms with Gasteiger partial charge in [-0.1, -0.05) is 60.1 Å². The predicted molar refractivity (Wildman–Crippen MR) is 81.9 cm³/mol. The lowest BCUT2D eigenvalue weighted by Gasteiger charge is -2.11. The predicted octanol–water partition coefficient (Wildman–Crippen LogP) is 3.23. The van der Waals surface area contributed by atoms with Crippen molar-refractivity contribution in [3.8, 4) is 23.7 Å². The van der Waals surface area contributed by atoms with Crippen LogP contribution in [0, 0.1) is 23.7 Å². The van der Waals surface area contributed by atoms with Crippen molar-refractivity contribution in [3.63, 3.8) is 0 Å². The molecule has 0 radical (unpaired) electrons. The highest BCUT2D eigenvalue weighted by Crippen LogP contribution is 2.07. The minimum absolute atomic E-state index is 0.321. The Bertz CT molecular complexity index is 662. The standard InChI is InChI=1S/C19H16O/c1-19(20,16-14-18-11-6-3-7-12-18)15-8-13-17-9-4-2-5-10-17/h2-7,9-12,20H,15H2,1H3/t19-/m0/s1. The van der Waals surface area contributed by atoms with E-state index in [0.29, 0.717) is 6.42 Å². The summed E-state index contributed by atoms with van der Waals surface area (Å²) in [5, 5.41) is 10.2. The van der Waals surface area contributed by atoms with E-state index in [9.17, 15) is 5.11 Å². The third kappa shape index (κ3) is 4.65. The molecule has 1 N–H and O–H groups in total. The van der Waals surface area contributed by atoms with Gasteiger partial charge in [0.25, 0.3) is 0 Å². The van der Waals surface area contributed by atoms with Crippen molar-refractivity contribution >= 4 is 0 Å². The van der Waals surface area contributed by atoms with E-state index in [1.165, 1.54) is 0 Å². The van der Waals surface area contributed by atoms with Gasteiger partial charge in [-0.15, -0.1) is 0 Å². The van der Waals surface area contributed by atoms with Gasteiger partial charge in [0.1, 0.15) is 5.60 Å². The summed E-state index contributed by atoms with van der Waals surface area (Å²) >= 11 is 0. The van der Waals surface area contributed by atoms with Gasteiger partial charge in [0, 0.05) is 17.5 Å². The molecule has 20 heavy (non-hydrogen) atoms. The molecule has 0 saturated heterocycles. The van der Waals surface area contributed by atoms with Crippen molar-refractivity contribution < 1.29 is 5.11 Å². The van der Waals surface area contributed by atoms with Gasteiger partial charge in [0.2, 0.25) is 0 Å². The Kier molecular flexibility index (Phi) is 4.61. The maximum absolute atomic E-state index is 10.2. The molecule has 0 fully saturated rings. The van der Waals surface area contributed by atoms with Crippen LogP contribution in [0.1, 0.15) is 24.5 Å². The number of rotatable bonds is 1. The Labute approximate surface area is 120 Å². The van der Waals surface area contributed by atoms with Crippen molar-refractivity contribution in [1.29, 1.82) is 0 Å². The fourth-order valence-corrected chi connectivity index (χ4v) is 1.61. The summed E-state index contributed by atoms with van der Waals surface area (Å²) in [6.07, 6.45) is 0.321. The zero-order valence-electron chi connectivity index (χ0n) is 11.4. The summed E-state index contributed by atoms with van der Waals surface area (Å²) in [7, 11) is 0. The van der Waals surface area contributed by atoms with Crippen LogP contribution in [0.3, 0.4) is 0 Å². The summed E-state index contributed by atoms with van der Waals surface area (Å²) < 4.78 is 0. The van der Waals surface area contributed by atoms with Crippen LogP contribution in [0.5, 0.6) is 0 Å². The van der Waals surface area contributed by atoms with Gasteiger partial charge >= 0.3 is 0 Å². The van der Waals surface area contributed by atoms with Gasteiger partial charge in [-0.05, 0) is 31.2 Å². The molecule has 0 unspecified atom stereocenters. The van der Waals surface area contributed by atoms with E-state index in [2.05, 4.69) is 23.7 Å². The fourth-order valence-electron chi connectivity index (χ4n) is 1.61. The van der Waals surface area contributed by atoms with Crippen molar-refractivity contribution in [1.82, 2.24) is 0 Å². The second-order valence-corrected chi connectivity index (χ2v) is 4.73. The van der Waals surface area contributed by atoms with Crippen LogP contribution in [0.15, 0.2) is 60.7 Å². The molecular weight excluding hydrogens is 244 g/mol. The lowest BCUT2D eigenvalue weighted by Crippen LogP contribution is -2.20. The van der Waals surface area contributed by atoms with Crippen molar-refractivity contribution in [2.24, 2.45) is 0 Å². The highest BCUT2D eigenvalue weighted by Gasteiger charge is 2.14. The Hall–Kier alpha value is -2.48. The highest BCUT2D eigenvalue weighted by atomic mass is 16.3. The molecule has 2 rings (SSSR count). The minimum atomic E-state index is -1.10. The topological polar surface area (TPSA) is 20.2 Å². The van der Waals surface area contributed by atoms with Crippen LogP contribution >= 0.6 is 0 Å². The zero-order valence-corrected chi connectivity index (χ0v) is 11.4. The Morgan fingerprint density at radius 1 is 0.850 bits per heavy atom. The van der Waals surface area contributed by atoms with Crippen LogP contribution in [-0.4, -0.2) is 10.7 Å². The molecule has 1 heteroatoms. The Balaban J connectivity index is 2.02. The van der Waals surface area contributed by atoms with E-state index in [4.69, 9.17) is 0 Å². The molecular formula is C19H16O. The van der Waals surface area contributed by atoms with E-state index in [-0.39, 0.29) is 0 Å². The Morgan fingerprint density at radius 3 is 1.90 bits per heavy atom. The first-order chi connectivity index (χ1) is 9.66. The first kappa shape index (κ1) is 13.9. The quantitative estimate of drug-likeness (QED) is 0.780. The molecule has 0 aliphatic heterocycles. The highest BCUT2D eigenvalue weighted by molar-refractivity contribution is 5.37. The second-order valence-electron chi connectivity index (χ2n) is 4.73. The molecule has 0 saturated carbocycles. The number of aliphatic hydroxyl groups is 1. The summed E-state index contributed by atoms with van der Waals surface area (Å²) in [6, 6.07) is 19.3. The summed E-state index contributed by atoms with van der Waals surface area (Å²) in [5.41, 5.74) is 0.737. The molecule has 0 bridgehead atoms. The molecule has 98 valence electrons. The molecule has 0 amide bonds. The van der Waals surface area contributed by atoms with Gasteiger partial charge in [-0.2, -0.15) is 0 Å². The lowest BCUT2D eigenvalue weighted by molar-refractivity contribution is 0.128. The minimum Gasteiger partial charge on any atom is -0.377 e. The lowest BCUT2D eigenvalue weighted by atomic mass is 10.0. The SMILES string of the molecule is C[C@@](O)(C#Cc1ccccc1)CC#Cc1ccccc1. The van der Waals surface area contributed by atoms with Crippen LogP contribution in [0.2, 0.25) is 0 Å². The van der Waals surface area contributed by atoms with Crippen LogP contribution in [-0.2, 0) is 0 Å². The Morgan fingerprint density at radius 2 is 1.35 bits per heavy atom. The average molecular weight is 260 g/mol. The van der Waals surface area contributed by atoms with Gasteiger partial charge in [0.15, 0.2) is 0 Å². The molecule has 0 aliphatic rings. The van der Waals surface area contributed by atoms with Crippen molar-refractivity contribution in [3.05, 3.63) is 71.8 Å². The smallest absolute Gasteiger partial charge is 0.133 e. The second kappa shape index (κ2) is 6.62. The molecule has 1 nitrogen and oxygen atoms in total. The monoisotopic (exact) mass is 260 g/mol. The van der Waals surface area contributed by atoms with Gasteiger partial charge in [0.05, 0.1) is 0 Å². The third-order valence-corrected chi connectivity index (χ3v) is 2.69. The molecule has 1 atom stereocenters. The van der Waals surface area contributed by atoms with Crippen LogP contribution < -0.4 is 0 Å². The first-order valence-corrected chi connectivity index (χ1v) is 6.50. The van der Waals surface area contributed by atoms with Crippen molar-refractivity contribution in [2.45, 2.75) is 18.9 Å². The zero-order chi connectivity index (χ0) is 14.3. The van der Waals surface area contributed by atoms with E-state index in [1.807, 2.05) is 60.7 Å². The molecule has 2 aromatic carbocycles. The molecule has 0 heterocycles. The largest absolute Gasteiger partial charge is 0.377 e. The van der Waals surface area contributed by atoms with E-state index in [1.54, 1.807) is 6.92 Å². The first-order valence-electron chi connectivity index (χ1n) is 6.50. The summed E-state index contributed by atoms with van der Waals surface area (Å²) in [5.74, 6) is 11.8. The fraction of sp³-hybridized carbons (Fsp3) is 0.158. The maximum atomic E-state index is 10.2. The molecule has 0 aromatic heterocycles. The van der Waals surface area contributed by atoms with Crippen LogP contribution in [0.25, 0.3) is 0 Å². The normalized spacial score (nSPS) is 12.3. The summed E-state index contributed by atoms with van der Waals surface area (Å²) in [4.78, 5) is 0. The average Bonchev–Trinajstić information content (AvgIpc) is 2.47. The third-order valence-electron chi connectivity index (χ3n) is 2.69. The van der Waals surface area contributed by atoms with Gasteiger partial charge in [-0.3, -0.25) is 0 Å². The summed E-state index contributed by atoms with van der Waals surface area (Å²) in [6.45, 7) is 1.68. The number of benzene rings is 2. The molecule has 0 spiro atoms. The van der Waals surface area contributed by atoms with Crippen molar-refractivity contribution in [2.75, 3.05) is 0 Å². The maximum Gasteiger partial charge on any atom is 0.133 e. The number of hydrogen-bond acceptors (Lipinski definition) is 1. The van der Waals surface area contributed by atoms with Gasteiger partial charge in [-0.25, -0.2) is 0 Å². The number of hydrogen-bond donors (Lipinski definition) is 1.